The number of amides is 2. The Balaban J connectivity index is 2.72. The number of rotatable bonds is 1. The topological polar surface area (TPSA) is 81.1 Å². The van der Waals surface area contributed by atoms with Crippen molar-refractivity contribution in [2.24, 2.45) is 0 Å². The first-order chi connectivity index (χ1) is 6.87. The largest absolute Gasteiger partial charge is 0.479 e. The van der Waals surface area contributed by atoms with Crippen LogP contribution >= 0.6 is 0 Å². The molecule has 6 heteroatoms. The third kappa shape index (κ3) is 2.38. The average Bonchev–Trinajstić information content (AvgIpc) is 2.16. The van der Waals surface area contributed by atoms with E-state index in [4.69, 9.17) is 5.11 Å². The van der Waals surface area contributed by atoms with Crippen LogP contribution in [0, 0.1) is 0 Å². The van der Waals surface area contributed by atoms with E-state index in [-0.39, 0.29) is 19.0 Å². The Kier molecular flexibility index (Phi) is 3.18. The molecule has 1 aliphatic heterocycles. The quantitative estimate of drug-likeness (QED) is 0.623. The lowest BCUT2D eigenvalue weighted by Gasteiger charge is -2.37. The van der Waals surface area contributed by atoms with Gasteiger partial charge < -0.3 is 20.0 Å². The summed E-state index contributed by atoms with van der Waals surface area (Å²) in [5, 5.41) is 18.6. The molecule has 1 heterocycles. The van der Waals surface area contributed by atoms with E-state index in [9.17, 15) is 14.7 Å². The Hall–Kier alpha value is -1.30. The van der Waals surface area contributed by atoms with Crippen LogP contribution in [0.3, 0.4) is 0 Å². The molecule has 1 saturated heterocycles. The van der Waals surface area contributed by atoms with Crippen molar-refractivity contribution in [3.63, 3.8) is 0 Å². The van der Waals surface area contributed by atoms with E-state index in [1.165, 1.54) is 9.80 Å². The van der Waals surface area contributed by atoms with Gasteiger partial charge in [0.05, 0.1) is 6.54 Å². The summed E-state index contributed by atoms with van der Waals surface area (Å²) in [6.07, 6.45) is 0.696. The summed E-state index contributed by atoms with van der Waals surface area (Å²) in [7, 11) is 3.19. The number of carbonyl (C=O) groups is 2. The first-order valence-corrected chi connectivity index (χ1v) is 4.79. The van der Waals surface area contributed by atoms with Crippen molar-refractivity contribution >= 4 is 12.0 Å². The van der Waals surface area contributed by atoms with Crippen LogP contribution in [0.2, 0.25) is 0 Å². The molecule has 0 radical (unpaired) electrons. The van der Waals surface area contributed by atoms with Crippen LogP contribution in [0.25, 0.3) is 0 Å². The first kappa shape index (κ1) is 11.8. The zero-order valence-electron chi connectivity index (χ0n) is 8.93. The van der Waals surface area contributed by atoms with E-state index >= 15 is 0 Å². The molecule has 1 unspecified atom stereocenters. The molecule has 15 heavy (non-hydrogen) atoms. The molecule has 2 amide bonds. The van der Waals surface area contributed by atoms with Gasteiger partial charge in [0.1, 0.15) is 0 Å². The maximum Gasteiger partial charge on any atom is 0.337 e. The zero-order chi connectivity index (χ0) is 11.6. The van der Waals surface area contributed by atoms with E-state index in [2.05, 4.69) is 0 Å². The minimum Gasteiger partial charge on any atom is -0.479 e. The highest BCUT2D eigenvalue weighted by atomic mass is 16.4. The van der Waals surface area contributed by atoms with Gasteiger partial charge in [-0.3, -0.25) is 0 Å². The van der Waals surface area contributed by atoms with E-state index in [0.29, 0.717) is 13.0 Å². The Morgan fingerprint density at radius 2 is 2.00 bits per heavy atom. The van der Waals surface area contributed by atoms with Crippen molar-refractivity contribution in [3.05, 3.63) is 0 Å². The van der Waals surface area contributed by atoms with Gasteiger partial charge in [0, 0.05) is 20.6 Å². The second kappa shape index (κ2) is 4.06. The number of hydrogen-bond donors (Lipinski definition) is 2. The molecule has 0 saturated carbocycles. The molecule has 2 N–H and O–H groups in total. The monoisotopic (exact) mass is 216 g/mol. The van der Waals surface area contributed by atoms with Gasteiger partial charge in [-0.1, -0.05) is 0 Å². The first-order valence-electron chi connectivity index (χ1n) is 4.79. The zero-order valence-corrected chi connectivity index (χ0v) is 8.93. The second-order valence-corrected chi connectivity index (χ2v) is 4.04. The molecule has 86 valence electrons. The van der Waals surface area contributed by atoms with Crippen molar-refractivity contribution in [2.45, 2.75) is 18.4 Å². The van der Waals surface area contributed by atoms with E-state index in [0.717, 1.165) is 0 Å². The number of carboxylic acids is 1. The van der Waals surface area contributed by atoms with Gasteiger partial charge in [0.15, 0.2) is 5.60 Å². The highest BCUT2D eigenvalue weighted by Gasteiger charge is 2.42. The van der Waals surface area contributed by atoms with Crippen LogP contribution in [0.1, 0.15) is 12.8 Å². The fraction of sp³-hybridized carbons (Fsp3) is 0.778. The fourth-order valence-electron chi connectivity index (χ4n) is 1.66. The summed E-state index contributed by atoms with van der Waals surface area (Å²) in [6.45, 7) is 0.353. The average molecular weight is 216 g/mol. The second-order valence-electron chi connectivity index (χ2n) is 4.04. The number of piperidine rings is 1. The van der Waals surface area contributed by atoms with Gasteiger partial charge in [0.25, 0.3) is 0 Å². The number of urea groups is 1. The number of aliphatic hydroxyl groups is 1. The number of nitrogens with zero attached hydrogens (tertiary/aromatic N) is 2. The summed E-state index contributed by atoms with van der Waals surface area (Å²) in [5.74, 6) is -1.27. The maximum absolute atomic E-state index is 11.6. The van der Waals surface area contributed by atoms with Gasteiger partial charge in [-0.2, -0.15) is 0 Å². The lowest BCUT2D eigenvalue weighted by molar-refractivity contribution is -0.163. The molecule has 0 aromatic heterocycles. The molecule has 1 atom stereocenters. The number of likely N-dealkylation sites (tertiary alicyclic amines) is 1. The Bertz CT molecular complexity index is 279. The van der Waals surface area contributed by atoms with E-state index in [1.54, 1.807) is 14.1 Å². The molecule has 0 aromatic carbocycles. The molecule has 1 fully saturated rings. The standard InChI is InChI=1S/C9H16N2O4/c1-10(2)8(14)11-5-3-4-9(15,6-11)7(12)13/h15H,3-6H2,1-2H3,(H,12,13). The van der Waals surface area contributed by atoms with Crippen molar-refractivity contribution in [3.8, 4) is 0 Å². The van der Waals surface area contributed by atoms with Crippen molar-refractivity contribution in [2.75, 3.05) is 27.2 Å². The maximum atomic E-state index is 11.6. The smallest absolute Gasteiger partial charge is 0.337 e. The fourth-order valence-corrected chi connectivity index (χ4v) is 1.66. The number of aliphatic carboxylic acids is 1. The number of carboxylic acid groups (broad SMARTS) is 1. The molecular formula is C9H16N2O4. The summed E-state index contributed by atoms with van der Waals surface area (Å²) in [6, 6.07) is -0.269. The van der Waals surface area contributed by atoms with Crippen molar-refractivity contribution in [1.29, 1.82) is 0 Å². The highest BCUT2D eigenvalue weighted by Crippen LogP contribution is 2.21. The summed E-state index contributed by atoms with van der Waals surface area (Å²) < 4.78 is 0. The Morgan fingerprint density at radius 1 is 1.40 bits per heavy atom. The van der Waals surface area contributed by atoms with Gasteiger partial charge in [-0.25, -0.2) is 9.59 Å². The normalized spacial score (nSPS) is 26.2. The van der Waals surface area contributed by atoms with E-state index < -0.39 is 11.6 Å². The Morgan fingerprint density at radius 3 is 2.47 bits per heavy atom. The molecule has 1 aliphatic rings. The third-order valence-electron chi connectivity index (χ3n) is 2.52. The molecule has 0 bridgehead atoms. The van der Waals surface area contributed by atoms with Gasteiger partial charge in [-0.05, 0) is 12.8 Å². The van der Waals surface area contributed by atoms with Crippen molar-refractivity contribution < 1.29 is 19.8 Å². The number of hydrogen-bond acceptors (Lipinski definition) is 3. The van der Waals surface area contributed by atoms with Gasteiger partial charge in [0.2, 0.25) is 0 Å². The van der Waals surface area contributed by atoms with E-state index in [1.807, 2.05) is 0 Å². The predicted octanol–water partition coefficient (Wildman–Crippen LogP) is -0.421. The molecule has 0 spiro atoms. The highest BCUT2D eigenvalue weighted by molar-refractivity contribution is 5.80. The van der Waals surface area contributed by atoms with Crippen molar-refractivity contribution in [1.82, 2.24) is 9.80 Å². The molecule has 0 aromatic rings. The molecule has 0 aliphatic carbocycles. The molecule has 1 rings (SSSR count). The van der Waals surface area contributed by atoms with Gasteiger partial charge >= 0.3 is 12.0 Å². The SMILES string of the molecule is CN(C)C(=O)N1CCCC(O)(C(=O)O)C1. The van der Waals surface area contributed by atoms with Crippen LogP contribution in [-0.2, 0) is 4.79 Å². The summed E-state index contributed by atoms with van der Waals surface area (Å²) in [5.41, 5.74) is -1.79. The summed E-state index contributed by atoms with van der Waals surface area (Å²) in [4.78, 5) is 25.1. The minimum absolute atomic E-state index is 0.140. The minimum atomic E-state index is -1.79. The lowest BCUT2D eigenvalue weighted by atomic mass is 9.93. The van der Waals surface area contributed by atoms with Crippen LogP contribution in [0.15, 0.2) is 0 Å². The predicted molar refractivity (Wildman–Crippen MR) is 52.5 cm³/mol. The number of β-amino-alcohol motifs (C(OH)–C–C–N with tert-alkyl or cyclic N) is 1. The molecular weight excluding hydrogens is 200 g/mol. The van der Waals surface area contributed by atoms with Crippen LogP contribution in [0.5, 0.6) is 0 Å². The van der Waals surface area contributed by atoms with Crippen LogP contribution < -0.4 is 0 Å². The third-order valence-corrected chi connectivity index (χ3v) is 2.52. The van der Waals surface area contributed by atoms with Crippen LogP contribution in [0.4, 0.5) is 4.79 Å². The number of carbonyl (C=O) groups excluding carboxylic acids is 1. The summed E-state index contributed by atoms with van der Waals surface area (Å²) >= 11 is 0. The lowest BCUT2D eigenvalue weighted by Crippen LogP contribution is -2.56. The van der Waals surface area contributed by atoms with Crippen LogP contribution in [-0.4, -0.2) is 64.8 Å². The van der Waals surface area contributed by atoms with Gasteiger partial charge in [-0.15, -0.1) is 0 Å². The Labute approximate surface area is 88.1 Å². The molecule has 6 nitrogen and oxygen atoms in total.